The summed E-state index contributed by atoms with van der Waals surface area (Å²) in [5.41, 5.74) is 3.15. The van der Waals surface area contributed by atoms with Crippen molar-refractivity contribution in [2.45, 2.75) is 45.7 Å². The van der Waals surface area contributed by atoms with Gasteiger partial charge in [0.15, 0.2) is 0 Å². The molecule has 1 atom stereocenters. The van der Waals surface area contributed by atoms with Gasteiger partial charge in [0.1, 0.15) is 17.7 Å². The van der Waals surface area contributed by atoms with Crippen molar-refractivity contribution in [2.24, 2.45) is 0 Å². The molecule has 3 aromatic rings. The monoisotopic (exact) mass is 478 g/mol. The third kappa shape index (κ3) is 5.43. The molecule has 3 aromatic heterocycles. The van der Waals surface area contributed by atoms with Crippen molar-refractivity contribution >= 4 is 28.3 Å². The SMILES string of the molecule is Cc1cn(CCOC(=O)N2CCc3c(sc(NC(=O)C[C@H](C)c4ccccn4)c3C#N)C2)cn1. The standard InChI is InChI=1S/C24H26N6O3S/c1-16(20-5-3-4-7-26-20)11-22(31)28-23-19(12-25)18-6-8-30(14-21(18)34-23)24(32)33-10-9-29-13-17(2)27-15-29/h3-5,7,13,15-16H,6,8-11,14H2,1-2H3,(H,28,31)/t16-/m0/s1. The number of nitriles is 1. The van der Waals surface area contributed by atoms with Crippen LogP contribution in [-0.2, 0) is 29.0 Å². The minimum atomic E-state index is -0.385. The van der Waals surface area contributed by atoms with E-state index in [2.05, 4.69) is 21.4 Å². The Morgan fingerprint density at radius 2 is 2.21 bits per heavy atom. The van der Waals surface area contributed by atoms with E-state index in [0.717, 1.165) is 21.8 Å². The number of carbonyl (C=O) groups excluding carboxylic acids is 2. The third-order valence-corrected chi connectivity index (χ3v) is 6.83. The van der Waals surface area contributed by atoms with Crippen LogP contribution in [0.4, 0.5) is 9.80 Å². The van der Waals surface area contributed by atoms with E-state index in [4.69, 9.17) is 4.74 Å². The van der Waals surface area contributed by atoms with Crippen LogP contribution in [0.15, 0.2) is 36.9 Å². The second kappa shape index (κ2) is 10.5. The second-order valence-corrected chi connectivity index (χ2v) is 9.37. The lowest BCUT2D eigenvalue weighted by atomic mass is 10.0. The van der Waals surface area contributed by atoms with E-state index in [1.54, 1.807) is 17.4 Å². The van der Waals surface area contributed by atoms with Gasteiger partial charge in [0.25, 0.3) is 0 Å². The van der Waals surface area contributed by atoms with Gasteiger partial charge in [-0.05, 0) is 31.0 Å². The molecule has 0 unspecified atom stereocenters. The first-order chi connectivity index (χ1) is 16.4. The number of nitrogens with zero attached hydrogens (tertiary/aromatic N) is 5. The highest BCUT2D eigenvalue weighted by molar-refractivity contribution is 7.16. The van der Waals surface area contributed by atoms with Crippen molar-refractivity contribution in [3.8, 4) is 6.07 Å². The summed E-state index contributed by atoms with van der Waals surface area (Å²) in [5, 5.41) is 13.2. The van der Waals surface area contributed by atoms with E-state index in [0.29, 0.717) is 36.6 Å². The van der Waals surface area contributed by atoms with Gasteiger partial charge in [-0.15, -0.1) is 11.3 Å². The molecule has 4 heterocycles. The van der Waals surface area contributed by atoms with E-state index in [9.17, 15) is 14.9 Å². The van der Waals surface area contributed by atoms with Gasteiger partial charge in [-0.1, -0.05) is 13.0 Å². The van der Waals surface area contributed by atoms with Crippen LogP contribution < -0.4 is 5.32 Å². The maximum Gasteiger partial charge on any atom is 0.410 e. The van der Waals surface area contributed by atoms with Gasteiger partial charge in [-0.3, -0.25) is 9.78 Å². The number of ether oxygens (including phenoxy) is 1. The van der Waals surface area contributed by atoms with E-state index in [-0.39, 0.29) is 30.9 Å². The van der Waals surface area contributed by atoms with Gasteiger partial charge in [0.05, 0.1) is 30.7 Å². The summed E-state index contributed by atoms with van der Waals surface area (Å²) >= 11 is 1.35. The molecule has 0 fully saturated rings. The molecule has 176 valence electrons. The Morgan fingerprint density at radius 1 is 1.35 bits per heavy atom. The number of fused-ring (bicyclic) bond motifs is 1. The number of thiophene rings is 1. The number of rotatable bonds is 7. The summed E-state index contributed by atoms with van der Waals surface area (Å²) < 4.78 is 7.30. The normalized spacial score (nSPS) is 13.6. The zero-order chi connectivity index (χ0) is 24.1. The highest BCUT2D eigenvalue weighted by Crippen LogP contribution is 2.37. The molecule has 0 bridgehead atoms. The Labute approximate surface area is 202 Å². The average Bonchev–Trinajstić information content (AvgIpc) is 3.40. The number of hydrogen-bond donors (Lipinski definition) is 1. The summed E-state index contributed by atoms with van der Waals surface area (Å²) in [7, 11) is 0. The largest absolute Gasteiger partial charge is 0.448 e. The lowest BCUT2D eigenvalue weighted by Gasteiger charge is -2.26. The third-order valence-electron chi connectivity index (χ3n) is 5.70. The number of aromatic nitrogens is 3. The highest BCUT2D eigenvalue weighted by atomic mass is 32.1. The lowest BCUT2D eigenvalue weighted by molar-refractivity contribution is -0.116. The number of amides is 2. The van der Waals surface area contributed by atoms with Gasteiger partial charge in [0, 0.05) is 41.8 Å². The van der Waals surface area contributed by atoms with Crippen molar-refractivity contribution in [1.29, 1.82) is 5.26 Å². The smallest absolute Gasteiger partial charge is 0.410 e. The van der Waals surface area contributed by atoms with Gasteiger partial charge in [-0.25, -0.2) is 9.78 Å². The fraction of sp³-hybridized carbons (Fsp3) is 0.375. The predicted molar refractivity (Wildman–Crippen MR) is 127 cm³/mol. The summed E-state index contributed by atoms with van der Waals surface area (Å²) in [6.45, 7) is 5.47. The maximum absolute atomic E-state index is 12.7. The highest BCUT2D eigenvalue weighted by Gasteiger charge is 2.28. The molecule has 2 amide bonds. The van der Waals surface area contributed by atoms with Crippen molar-refractivity contribution in [3.63, 3.8) is 0 Å². The number of nitrogens with one attached hydrogen (secondary N) is 1. The Kier molecular flexibility index (Phi) is 7.23. The zero-order valence-corrected chi connectivity index (χ0v) is 20.0. The van der Waals surface area contributed by atoms with Crippen LogP contribution in [0, 0.1) is 18.3 Å². The first kappa shape index (κ1) is 23.4. The zero-order valence-electron chi connectivity index (χ0n) is 19.2. The van der Waals surface area contributed by atoms with E-state index in [1.165, 1.54) is 11.3 Å². The van der Waals surface area contributed by atoms with E-state index in [1.807, 2.05) is 42.8 Å². The first-order valence-electron chi connectivity index (χ1n) is 11.1. The number of carbonyl (C=O) groups is 2. The van der Waals surface area contributed by atoms with Crippen LogP contribution >= 0.6 is 11.3 Å². The van der Waals surface area contributed by atoms with Crippen molar-refractivity contribution < 1.29 is 14.3 Å². The Balaban J connectivity index is 1.35. The number of anilines is 1. The molecule has 34 heavy (non-hydrogen) atoms. The van der Waals surface area contributed by atoms with Crippen LogP contribution in [0.2, 0.25) is 0 Å². The molecule has 1 aliphatic rings. The predicted octanol–water partition coefficient (Wildman–Crippen LogP) is 3.85. The molecule has 0 saturated heterocycles. The molecule has 0 radical (unpaired) electrons. The quantitative estimate of drug-likeness (QED) is 0.552. The minimum absolute atomic E-state index is 0.0437. The molecule has 0 aliphatic carbocycles. The lowest BCUT2D eigenvalue weighted by Crippen LogP contribution is -2.36. The van der Waals surface area contributed by atoms with E-state index < -0.39 is 0 Å². The molecule has 0 saturated carbocycles. The molecule has 1 aliphatic heterocycles. The van der Waals surface area contributed by atoms with Gasteiger partial charge < -0.3 is 19.5 Å². The fourth-order valence-electron chi connectivity index (χ4n) is 3.92. The summed E-state index contributed by atoms with van der Waals surface area (Å²) in [5.74, 6) is -0.211. The number of imidazole rings is 1. The van der Waals surface area contributed by atoms with Crippen molar-refractivity contribution in [2.75, 3.05) is 18.5 Å². The Morgan fingerprint density at radius 3 is 2.91 bits per heavy atom. The Bertz CT molecular complexity index is 1210. The average molecular weight is 479 g/mol. The van der Waals surface area contributed by atoms with Crippen molar-refractivity contribution in [3.05, 3.63) is 64.3 Å². The molecular formula is C24H26N6O3S. The molecule has 9 nitrogen and oxygen atoms in total. The summed E-state index contributed by atoms with van der Waals surface area (Å²) in [6, 6.07) is 7.86. The van der Waals surface area contributed by atoms with Crippen LogP contribution in [0.5, 0.6) is 0 Å². The maximum atomic E-state index is 12.7. The topological polar surface area (TPSA) is 113 Å². The first-order valence-corrected chi connectivity index (χ1v) is 11.9. The molecule has 10 heteroatoms. The van der Waals surface area contributed by atoms with Crippen LogP contribution in [0.1, 0.15) is 46.7 Å². The summed E-state index contributed by atoms with van der Waals surface area (Å²) in [6.07, 6.45) is 5.73. The second-order valence-electron chi connectivity index (χ2n) is 8.27. The fourth-order valence-corrected chi connectivity index (χ4v) is 5.15. The minimum Gasteiger partial charge on any atom is -0.448 e. The van der Waals surface area contributed by atoms with Gasteiger partial charge >= 0.3 is 6.09 Å². The Hall–Kier alpha value is -3.71. The number of aryl methyl sites for hydroxylation is 1. The van der Waals surface area contributed by atoms with Crippen molar-refractivity contribution in [1.82, 2.24) is 19.4 Å². The van der Waals surface area contributed by atoms with Crippen LogP contribution in [0.3, 0.4) is 0 Å². The van der Waals surface area contributed by atoms with E-state index >= 15 is 0 Å². The molecule has 1 N–H and O–H groups in total. The molecule has 4 rings (SSSR count). The van der Waals surface area contributed by atoms with Gasteiger partial charge in [0.2, 0.25) is 5.91 Å². The van der Waals surface area contributed by atoms with Gasteiger partial charge in [-0.2, -0.15) is 5.26 Å². The summed E-state index contributed by atoms with van der Waals surface area (Å²) in [4.78, 5) is 36.2. The molecule has 0 spiro atoms. The van der Waals surface area contributed by atoms with Crippen LogP contribution in [0.25, 0.3) is 0 Å². The molecular weight excluding hydrogens is 452 g/mol. The molecule has 0 aromatic carbocycles. The van der Waals surface area contributed by atoms with Crippen LogP contribution in [-0.4, -0.2) is 44.6 Å². The number of pyridine rings is 1. The number of hydrogen-bond acceptors (Lipinski definition) is 7.